The zero-order valence-corrected chi connectivity index (χ0v) is 9.70. The Morgan fingerprint density at radius 1 is 1.38 bits per heavy atom. The largest absolute Gasteiger partial charge is 0.497 e. The molecular weight excluding hydrogens is 202 g/mol. The van der Waals surface area contributed by atoms with Gasteiger partial charge in [-0.3, -0.25) is 0 Å². The summed E-state index contributed by atoms with van der Waals surface area (Å²) in [6, 6.07) is 8.11. The molecule has 3 nitrogen and oxygen atoms in total. The maximum Gasteiger partial charge on any atom is 0.118 e. The highest BCUT2D eigenvalue weighted by molar-refractivity contribution is 5.28. The van der Waals surface area contributed by atoms with Crippen molar-refractivity contribution in [2.24, 2.45) is 5.41 Å². The highest BCUT2D eigenvalue weighted by Gasteiger charge is 2.33. The van der Waals surface area contributed by atoms with Gasteiger partial charge in [0.2, 0.25) is 0 Å². The molecule has 1 fully saturated rings. The van der Waals surface area contributed by atoms with Gasteiger partial charge in [0, 0.05) is 12.0 Å². The molecular formula is C13H19NO2. The van der Waals surface area contributed by atoms with Crippen LogP contribution in [0.15, 0.2) is 24.3 Å². The zero-order valence-electron chi connectivity index (χ0n) is 9.70. The summed E-state index contributed by atoms with van der Waals surface area (Å²) in [5, 5.41) is 12.8. The summed E-state index contributed by atoms with van der Waals surface area (Å²) in [7, 11) is 1.67. The van der Waals surface area contributed by atoms with E-state index < -0.39 is 0 Å². The minimum atomic E-state index is 0.0363. The Morgan fingerprint density at radius 3 is 2.62 bits per heavy atom. The maximum atomic E-state index is 9.51. The molecule has 88 valence electrons. The first-order valence-corrected chi connectivity index (χ1v) is 5.72. The van der Waals surface area contributed by atoms with Gasteiger partial charge >= 0.3 is 0 Å². The van der Waals surface area contributed by atoms with Gasteiger partial charge in [-0.2, -0.15) is 0 Å². The van der Waals surface area contributed by atoms with Crippen LogP contribution in [0, 0.1) is 5.41 Å². The predicted octanol–water partition coefficient (Wildman–Crippen LogP) is 1.21. The van der Waals surface area contributed by atoms with Crippen molar-refractivity contribution < 1.29 is 9.84 Å². The van der Waals surface area contributed by atoms with Crippen LogP contribution in [0.2, 0.25) is 0 Å². The first-order valence-electron chi connectivity index (χ1n) is 5.72. The SMILES string of the molecule is COc1ccc(CC2(CO)CCNC2)cc1. The third-order valence-corrected chi connectivity index (χ3v) is 3.41. The van der Waals surface area contributed by atoms with Gasteiger partial charge in [0.05, 0.1) is 13.7 Å². The fourth-order valence-corrected chi connectivity index (χ4v) is 2.31. The smallest absolute Gasteiger partial charge is 0.118 e. The lowest BCUT2D eigenvalue weighted by atomic mass is 9.82. The van der Waals surface area contributed by atoms with E-state index in [1.165, 1.54) is 5.56 Å². The van der Waals surface area contributed by atoms with Crippen molar-refractivity contribution in [3.05, 3.63) is 29.8 Å². The van der Waals surface area contributed by atoms with Gasteiger partial charge in [-0.15, -0.1) is 0 Å². The average Bonchev–Trinajstić information content (AvgIpc) is 2.79. The molecule has 0 aromatic heterocycles. The Bertz CT molecular complexity index is 328. The van der Waals surface area contributed by atoms with Gasteiger partial charge in [-0.05, 0) is 37.1 Å². The normalized spacial score (nSPS) is 24.6. The molecule has 0 bridgehead atoms. The summed E-state index contributed by atoms with van der Waals surface area (Å²) in [6.45, 7) is 2.18. The molecule has 1 aromatic rings. The summed E-state index contributed by atoms with van der Waals surface area (Å²) in [5.41, 5.74) is 1.30. The Hall–Kier alpha value is -1.06. The van der Waals surface area contributed by atoms with E-state index >= 15 is 0 Å². The Morgan fingerprint density at radius 2 is 2.12 bits per heavy atom. The molecule has 0 saturated carbocycles. The summed E-state index contributed by atoms with van der Waals surface area (Å²) < 4.78 is 5.13. The standard InChI is InChI=1S/C13H19NO2/c1-16-12-4-2-11(3-5-12)8-13(10-15)6-7-14-9-13/h2-5,14-15H,6-10H2,1H3. The molecule has 1 atom stereocenters. The molecule has 1 heterocycles. The van der Waals surface area contributed by atoms with Crippen LogP contribution < -0.4 is 10.1 Å². The average molecular weight is 221 g/mol. The van der Waals surface area contributed by atoms with Crippen molar-refractivity contribution in [1.82, 2.24) is 5.32 Å². The second kappa shape index (κ2) is 4.85. The van der Waals surface area contributed by atoms with E-state index in [-0.39, 0.29) is 12.0 Å². The lowest BCUT2D eigenvalue weighted by Crippen LogP contribution is -2.30. The molecule has 0 spiro atoms. The minimum absolute atomic E-state index is 0.0363. The highest BCUT2D eigenvalue weighted by atomic mass is 16.5. The Balaban J connectivity index is 2.07. The van der Waals surface area contributed by atoms with Crippen molar-refractivity contribution in [2.75, 3.05) is 26.8 Å². The number of benzene rings is 1. The predicted molar refractivity (Wildman–Crippen MR) is 63.7 cm³/mol. The monoisotopic (exact) mass is 221 g/mol. The van der Waals surface area contributed by atoms with E-state index in [1.54, 1.807) is 7.11 Å². The number of methoxy groups -OCH3 is 1. The second-order valence-corrected chi connectivity index (χ2v) is 4.61. The van der Waals surface area contributed by atoms with Crippen LogP contribution >= 0.6 is 0 Å². The van der Waals surface area contributed by atoms with E-state index in [2.05, 4.69) is 17.4 Å². The van der Waals surface area contributed by atoms with Crippen LogP contribution in [0.25, 0.3) is 0 Å². The van der Waals surface area contributed by atoms with Gasteiger partial charge in [0.25, 0.3) is 0 Å². The third kappa shape index (κ3) is 2.36. The Labute approximate surface area is 96.4 Å². The summed E-state index contributed by atoms with van der Waals surface area (Å²) in [6.07, 6.45) is 1.98. The van der Waals surface area contributed by atoms with Crippen LogP contribution in [0.4, 0.5) is 0 Å². The van der Waals surface area contributed by atoms with E-state index in [0.717, 1.165) is 31.7 Å². The van der Waals surface area contributed by atoms with Gasteiger partial charge in [0.1, 0.15) is 5.75 Å². The molecule has 0 amide bonds. The quantitative estimate of drug-likeness (QED) is 0.803. The topological polar surface area (TPSA) is 41.5 Å². The second-order valence-electron chi connectivity index (χ2n) is 4.61. The van der Waals surface area contributed by atoms with E-state index in [0.29, 0.717) is 0 Å². The van der Waals surface area contributed by atoms with Crippen LogP contribution in [0.1, 0.15) is 12.0 Å². The van der Waals surface area contributed by atoms with E-state index in [1.807, 2.05) is 12.1 Å². The molecule has 1 aromatic carbocycles. The van der Waals surface area contributed by atoms with Crippen molar-refractivity contribution in [3.63, 3.8) is 0 Å². The first kappa shape index (κ1) is 11.4. The molecule has 2 N–H and O–H groups in total. The summed E-state index contributed by atoms with van der Waals surface area (Å²) in [5.74, 6) is 0.881. The van der Waals surface area contributed by atoms with Crippen molar-refractivity contribution >= 4 is 0 Å². The molecule has 1 aliphatic heterocycles. The molecule has 1 unspecified atom stereocenters. The van der Waals surface area contributed by atoms with Crippen LogP contribution in [-0.4, -0.2) is 31.9 Å². The van der Waals surface area contributed by atoms with Crippen LogP contribution in [0.3, 0.4) is 0 Å². The number of nitrogens with one attached hydrogen (secondary N) is 1. The third-order valence-electron chi connectivity index (χ3n) is 3.41. The molecule has 0 aliphatic carbocycles. The number of aliphatic hydroxyl groups is 1. The molecule has 16 heavy (non-hydrogen) atoms. The van der Waals surface area contributed by atoms with Gasteiger partial charge in [-0.1, -0.05) is 12.1 Å². The maximum absolute atomic E-state index is 9.51. The van der Waals surface area contributed by atoms with E-state index in [9.17, 15) is 5.11 Å². The van der Waals surface area contributed by atoms with Crippen LogP contribution in [-0.2, 0) is 6.42 Å². The lowest BCUT2D eigenvalue weighted by Gasteiger charge is -2.25. The highest BCUT2D eigenvalue weighted by Crippen LogP contribution is 2.29. The number of ether oxygens (including phenoxy) is 1. The molecule has 1 aliphatic rings. The first-order chi connectivity index (χ1) is 7.78. The number of hydrogen-bond acceptors (Lipinski definition) is 3. The molecule has 2 rings (SSSR count). The van der Waals surface area contributed by atoms with Crippen molar-refractivity contribution in [2.45, 2.75) is 12.8 Å². The fourth-order valence-electron chi connectivity index (χ4n) is 2.31. The molecule has 0 radical (unpaired) electrons. The molecule has 1 saturated heterocycles. The van der Waals surface area contributed by atoms with Gasteiger partial charge in [-0.25, -0.2) is 0 Å². The van der Waals surface area contributed by atoms with Crippen LogP contribution in [0.5, 0.6) is 5.75 Å². The number of aliphatic hydroxyl groups excluding tert-OH is 1. The minimum Gasteiger partial charge on any atom is -0.497 e. The summed E-state index contributed by atoms with van der Waals surface area (Å²) >= 11 is 0. The zero-order chi connectivity index (χ0) is 11.4. The number of hydrogen-bond donors (Lipinski definition) is 2. The molecule has 3 heteroatoms. The fraction of sp³-hybridized carbons (Fsp3) is 0.538. The van der Waals surface area contributed by atoms with Gasteiger partial charge in [0.15, 0.2) is 0 Å². The Kier molecular flexibility index (Phi) is 3.46. The summed E-state index contributed by atoms with van der Waals surface area (Å²) in [4.78, 5) is 0. The van der Waals surface area contributed by atoms with E-state index in [4.69, 9.17) is 4.74 Å². The van der Waals surface area contributed by atoms with Gasteiger partial charge < -0.3 is 15.2 Å². The lowest BCUT2D eigenvalue weighted by molar-refractivity contribution is 0.143. The van der Waals surface area contributed by atoms with Crippen molar-refractivity contribution in [3.8, 4) is 5.75 Å². The van der Waals surface area contributed by atoms with Crippen molar-refractivity contribution in [1.29, 1.82) is 0 Å². The number of rotatable bonds is 4.